The van der Waals surface area contributed by atoms with Crippen molar-refractivity contribution in [2.75, 3.05) is 19.6 Å². The zero-order valence-corrected chi connectivity index (χ0v) is 28.1. The van der Waals surface area contributed by atoms with Crippen LogP contribution in [0.1, 0.15) is 59.3 Å². The van der Waals surface area contributed by atoms with Gasteiger partial charge in [0.25, 0.3) is 5.91 Å². The maximum Gasteiger partial charge on any atom is 0.251 e. The maximum absolute atomic E-state index is 13.9. The highest BCUT2D eigenvalue weighted by molar-refractivity contribution is 14.1. The minimum atomic E-state index is -0.994. The molecular weight excluding hydrogens is 694 g/mol. The van der Waals surface area contributed by atoms with Gasteiger partial charge in [0.1, 0.15) is 11.6 Å². The van der Waals surface area contributed by atoms with Crippen LogP contribution < -0.4 is 10.6 Å². The Labute approximate surface area is 274 Å². The molecule has 0 spiro atoms. The molecule has 0 saturated carbocycles. The minimum Gasteiger partial charge on any atom is -0.390 e. The topological polar surface area (TPSA) is 64.6 Å². The minimum absolute atomic E-state index is 0. The van der Waals surface area contributed by atoms with Crippen LogP contribution in [0.2, 0.25) is 0 Å². The Morgan fingerprint density at radius 1 is 0.929 bits per heavy atom. The number of rotatable bonds is 15. The molecule has 3 rings (SSSR count). The van der Waals surface area contributed by atoms with Crippen LogP contribution in [0, 0.1) is 22.1 Å². The first-order chi connectivity index (χ1) is 19.2. The number of aryl methyl sites for hydroxylation is 1. The Bertz CT molecular complexity index is 1240. The molecule has 232 valence electrons. The molecular formula is C32H42Cl2F2IN3O2. The molecule has 0 unspecified atom stereocenters. The van der Waals surface area contributed by atoms with E-state index in [0.717, 1.165) is 58.8 Å². The van der Waals surface area contributed by atoms with Gasteiger partial charge >= 0.3 is 0 Å². The Balaban J connectivity index is 0.00000441. The molecule has 0 heterocycles. The van der Waals surface area contributed by atoms with Gasteiger partial charge in [-0.1, -0.05) is 37.6 Å². The Morgan fingerprint density at radius 2 is 1.60 bits per heavy atom. The van der Waals surface area contributed by atoms with Gasteiger partial charge in [-0.2, -0.15) is 0 Å². The molecule has 2 atom stereocenters. The zero-order valence-electron chi connectivity index (χ0n) is 24.3. The van der Waals surface area contributed by atoms with Crippen molar-refractivity contribution in [1.82, 2.24) is 15.5 Å². The molecule has 0 fully saturated rings. The van der Waals surface area contributed by atoms with Gasteiger partial charge in [-0.25, -0.2) is 8.78 Å². The lowest BCUT2D eigenvalue weighted by atomic mass is 9.99. The molecule has 5 nitrogen and oxygen atoms in total. The summed E-state index contributed by atoms with van der Waals surface area (Å²) >= 11 is 2.25. The predicted molar refractivity (Wildman–Crippen MR) is 180 cm³/mol. The Kier molecular flexibility index (Phi) is 17.7. The van der Waals surface area contributed by atoms with E-state index in [1.54, 1.807) is 0 Å². The van der Waals surface area contributed by atoms with Gasteiger partial charge in [-0.05, 0) is 115 Å². The molecule has 0 bridgehead atoms. The summed E-state index contributed by atoms with van der Waals surface area (Å²) in [6.45, 7) is 9.72. The number of halogens is 5. The van der Waals surface area contributed by atoms with Gasteiger partial charge < -0.3 is 15.7 Å². The lowest BCUT2D eigenvalue weighted by Gasteiger charge is -2.25. The molecule has 0 saturated heterocycles. The van der Waals surface area contributed by atoms with E-state index in [1.165, 1.54) is 12.1 Å². The van der Waals surface area contributed by atoms with Gasteiger partial charge in [0, 0.05) is 34.8 Å². The third-order valence-corrected chi connectivity index (χ3v) is 7.29. The Morgan fingerprint density at radius 3 is 2.21 bits per heavy atom. The normalized spacial score (nSPS) is 12.3. The number of aliphatic hydroxyl groups is 1. The highest BCUT2D eigenvalue weighted by atomic mass is 127. The van der Waals surface area contributed by atoms with Crippen molar-refractivity contribution in [2.24, 2.45) is 0 Å². The van der Waals surface area contributed by atoms with Crippen LogP contribution in [0.25, 0.3) is 0 Å². The van der Waals surface area contributed by atoms with E-state index in [-0.39, 0.29) is 43.7 Å². The largest absolute Gasteiger partial charge is 0.390 e. The molecule has 1 amide bonds. The number of carbonyl (C=O) groups is 1. The van der Waals surface area contributed by atoms with Crippen molar-refractivity contribution in [3.05, 3.63) is 104 Å². The predicted octanol–water partition coefficient (Wildman–Crippen LogP) is 6.84. The number of nitrogens with zero attached hydrogens (tertiary/aromatic N) is 1. The first-order valence-electron chi connectivity index (χ1n) is 13.9. The lowest BCUT2D eigenvalue weighted by Crippen LogP contribution is -2.48. The van der Waals surface area contributed by atoms with Gasteiger partial charge in [0.15, 0.2) is 0 Å². The van der Waals surface area contributed by atoms with E-state index in [4.69, 9.17) is 0 Å². The molecule has 42 heavy (non-hydrogen) atoms. The van der Waals surface area contributed by atoms with E-state index in [9.17, 15) is 18.7 Å². The molecule has 3 aromatic carbocycles. The second-order valence-electron chi connectivity index (χ2n) is 10.4. The fourth-order valence-corrected chi connectivity index (χ4v) is 5.52. The number of aliphatic hydroxyl groups excluding tert-OH is 1. The zero-order chi connectivity index (χ0) is 29.1. The number of nitrogens with one attached hydrogen (secondary N) is 2. The highest BCUT2D eigenvalue weighted by Gasteiger charge is 2.23. The average Bonchev–Trinajstić information content (AvgIpc) is 2.87. The Hall–Kier alpha value is -1.82. The van der Waals surface area contributed by atoms with Crippen LogP contribution in [0.15, 0.2) is 60.7 Å². The van der Waals surface area contributed by atoms with E-state index >= 15 is 0 Å². The van der Waals surface area contributed by atoms with Crippen molar-refractivity contribution in [1.29, 1.82) is 0 Å². The summed E-state index contributed by atoms with van der Waals surface area (Å²) < 4.78 is 29.0. The van der Waals surface area contributed by atoms with Crippen LogP contribution in [-0.2, 0) is 19.5 Å². The molecule has 0 aromatic heterocycles. The second-order valence-corrected chi connectivity index (χ2v) is 11.6. The summed E-state index contributed by atoms with van der Waals surface area (Å²) in [6, 6.07) is 16.3. The van der Waals surface area contributed by atoms with Crippen molar-refractivity contribution < 1.29 is 18.7 Å². The lowest BCUT2D eigenvalue weighted by molar-refractivity contribution is 0.0829. The van der Waals surface area contributed by atoms with Gasteiger partial charge in [-0.15, -0.1) is 24.8 Å². The molecule has 10 heteroatoms. The maximum atomic E-state index is 13.9. The summed E-state index contributed by atoms with van der Waals surface area (Å²) in [5, 5.41) is 17.3. The summed E-state index contributed by atoms with van der Waals surface area (Å²) in [7, 11) is 0. The summed E-state index contributed by atoms with van der Waals surface area (Å²) in [5.74, 6) is -1.72. The van der Waals surface area contributed by atoms with Crippen LogP contribution in [0.5, 0.6) is 0 Å². The molecule has 0 radical (unpaired) electrons. The standard InChI is InChI=1S/C32H40F2IN3O2.2ClH/c1-4-9-38(10-5-2)21-25-11-22(3)12-26(13-25)32(40)37-30(17-24-14-27(33)18-28(34)15-24)31(39)20-36-19-23-7-6-8-29(35)16-23;;/h6-8,11-16,18,30-31,36,39H,4-5,9-10,17,19-21H2,1-3H3,(H,37,40);2*1H/t30-,31+;;/m0../s1. The van der Waals surface area contributed by atoms with Crippen molar-refractivity contribution in [2.45, 2.75) is 65.3 Å². The molecule has 0 aliphatic carbocycles. The van der Waals surface area contributed by atoms with E-state index in [0.29, 0.717) is 17.7 Å². The summed E-state index contributed by atoms with van der Waals surface area (Å²) in [4.78, 5) is 15.8. The van der Waals surface area contributed by atoms with Gasteiger partial charge in [0.2, 0.25) is 0 Å². The number of carbonyl (C=O) groups excluding carboxylic acids is 1. The molecule has 3 aromatic rings. The third-order valence-electron chi connectivity index (χ3n) is 6.62. The monoisotopic (exact) mass is 735 g/mol. The smallest absolute Gasteiger partial charge is 0.251 e. The highest BCUT2D eigenvalue weighted by Crippen LogP contribution is 2.16. The van der Waals surface area contributed by atoms with Crippen molar-refractivity contribution in [3.63, 3.8) is 0 Å². The van der Waals surface area contributed by atoms with Crippen LogP contribution in [0.4, 0.5) is 8.78 Å². The van der Waals surface area contributed by atoms with Crippen LogP contribution in [0.3, 0.4) is 0 Å². The van der Waals surface area contributed by atoms with Gasteiger partial charge in [0.05, 0.1) is 12.1 Å². The second kappa shape index (κ2) is 19.5. The van der Waals surface area contributed by atoms with Crippen LogP contribution in [-0.4, -0.2) is 47.7 Å². The number of hydrogen-bond acceptors (Lipinski definition) is 4. The van der Waals surface area contributed by atoms with Crippen molar-refractivity contribution >= 4 is 53.3 Å². The van der Waals surface area contributed by atoms with E-state index < -0.39 is 23.8 Å². The van der Waals surface area contributed by atoms with Crippen LogP contribution >= 0.6 is 47.4 Å². The van der Waals surface area contributed by atoms with E-state index in [1.807, 2.05) is 43.3 Å². The first kappa shape index (κ1) is 38.2. The van der Waals surface area contributed by atoms with Gasteiger partial charge in [-0.3, -0.25) is 9.69 Å². The SMILES string of the molecule is CCCN(CCC)Cc1cc(C)cc(C(=O)N[C@@H](Cc2cc(F)cc(F)c2)[C@H](O)CNCc2cccc(I)c2)c1.Cl.Cl. The molecule has 0 aliphatic heterocycles. The summed E-state index contributed by atoms with van der Waals surface area (Å²) in [5.41, 5.74) is 3.95. The number of amides is 1. The number of hydrogen-bond donors (Lipinski definition) is 3. The average molecular weight is 737 g/mol. The number of benzene rings is 3. The molecule has 0 aliphatic rings. The fourth-order valence-electron chi connectivity index (χ4n) is 4.92. The summed E-state index contributed by atoms with van der Waals surface area (Å²) in [6.07, 6.45) is 1.19. The first-order valence-corrected chi connectivity index (χ1v) is 15.0. The van der Waals surface area contributed by atoms with Crippen molar-refractivity contribution in [3.8, 4) is 0 Å². The van der Waals surface area contributed by atoms with E-state index in [2.05, 4.69) is 58.0 Å². The third kappa shape index (κ3) is 12.8. The quantitative estimate of drug-likeness (QED) is 0.150. The molecule has 3 N–H and O–H groups in total. The fraction of sp³-hybridized carbons (Fsp3) is 0.406.